The van der Waals surface area contributed by atoms with Gasteiger partial charge >= 0.3 is 0 Å². The van der Waals surface area contributed by atoms with Gasteiger partial charge in [0.2, 0.25) is 5.95 Å². The van der Waals surface area contributed by atoms with Gasteiger partial charge in [-0.3, -0.25) is 0 Å². The average Bonchev–Trinajstić information content (AvgIpc) is 2.48. The van der Waals surface area contributed by atoms with Crippen LogP contribution in [-0.2, 0) is 9.47 Å². The number of ether oxygens (including phenoxy) is 2. The Kier molecular flexibility index (Phi) is 4.03. The van der Waals surface area contributed by atoms with Crippen molar-refractivity contribution in [2.45, 2.75) is 25.9 Å². The van der Waals surface area contributed by atoms with Crippen molar-refractivity contribution >= 4 is 11.8 Å². The maximum Gasteiger partial charge on any atom is 0.227 e. The molecule has 0 aliphatic carbocycles. The molecule has 6 heteroatoms. The molecule has 0 radical (unpaired) electrons. The van der Waals surface area contributed by atoms with Crippen molar-refractivity contribution in [2.75, 3.05) is 49.3 Å². The Morgan fingerprint density at radius 1 is 1.05 bits per heavy atom. The Morgan fingerprint density at radius 3 is 2.35 bits per heavy atom. The summed E-state index contributed by atoms with van der Waals surface area (Å²) in [5.74, 6) is 1.79. The van der Waals surface area contributed by atoms with Crippen LogP contribution in [0, 0.1) is 0 Å². The lowest BCUT2D eigenvalue weighted by molar-refractivity contribution is 0.0972. The molecule has 3 heterocycles. The van der Waals surface area contributed by atoms with E-state index in [-0.39, 0.29) is 0 Å². The zero-order valence-corrected chi connectivity index (χ0v) is 12.2. The van der Waals surface area contributed by atoms with Crippen molar-refractivity contribution in [1.82, 2.24) is 9.97 Å². The predicted molar refractivity (Wildman–Crippen MR) is 77.3 cm³/mol. The molecule has 3 rings (SSSR count). The fourth-order valence-corrected chi connectivity index (χ4v) is 2.73. The Hall–Kier alpha value is -1.40. The first-order chi connectivity index (χ1) is 9.75. The summed E-state index contributed by atoms with van der Waals surface area (Å²) in [5.41, 5.74) is 0. The molecule has 0 aromatic carbocycles. The highest BCUT2D eigenvalue weighted by Gasteiger charge is 2.24. The van der Waals surface area contributed by atoms with Crippen molar-refractivity contribution in [3.05, 3.63) is 12.3 Å². The maximum absolute atomic E-state index is 5.49. The number of anilines is 2. The summed E-state index contributed by atoms with van der Waals surface area (Å²) in [7, 11) is 0. The molecule has 0 spiro atoms. The third kappa shape index (κ3) is 2.71. The smallest absolute Gasteiger partial charge is 0.227 e. The van der Waals surface area contributed by atoms with E-state index in [2.05, 4.69) is 28.6 Å². The second-order valence-electron chi connectivity index (χ2n) is 5.45. The molecule has 110 valence electrons. The van der Waals surface area contributed by atoms with Gasteiger partial charge in [-0.05, 0) is 19.9 Å². The highest BCUT2D eigenvalue weighted by atomic mass is 16.5. The number of morpholine rings is 2. The van der Waals surface area contributed by atoms with E-state index in [0.29, 0.717) is 12.1 Å². The van der Waals surface area contributed by atoms with Gasteiger partial charge in [0.15, 0.2) is 0 Å². The number of hydrogen-bond acceptors (Lipinski definition) is 6. The van der Waals surface area contributed by atoms with Crippen molar-refractivity contribution in [1.29, 1.82) is 0 Å². The summed E-state index contributed by atoms with van der Waals surface area (Å²) >= 11 is 0. The molecule has 0 bridgehead atoms. The molecule has 2 saturated heterocycles. The first-order valence-electron chi connectivity index (χ1n) is 7.27. The molecule has 0 unspecified atom stereocenters. The topological polar surface area (TPSA) is 50.7 Å². The van der Waals surface area contributed by atoms with Crippen LogP contribution in [0.5, 0.6) is 0 Å². The first kappa shape index (κ1) is 13.6. The largest absolute Gasteiger partial charge is 0.377 e. The third-order valence-corrected chi connectivity index (χ3v) is 3.91. The molecule has 2 aliphatic heterocycles. The fourth-order valence-electron chi connectivity index (χ4n) is 2.73. The Balaban J connectivity index is 1.81. The summed E-state index contributed by atoms with van der Waals surface area (Å²) < 4.78 is 11.0. The molecule has 2 fully saturated rings. The van der Waals surface area contributed by atoms with Gasteiger partial charge < -0.3 is 19.3 Å². The van der Waals surface area contributed by atoms with Crippen LogP contribution in [0.1, 0.15) is 13.8 Å². The zero-order valence-electron chi connectivity index (χ0n) is 12.2. The van der Waals surface area contributed by atoms with Gasteiger partial charge in [0, 0.05) is 19.3 Å². The van der Waals surface area contributed by atoms with Crippen molar-refractivity contribution in [3.8, 4) is 0 Å². The predicted octanol–water partition coefficient (Wildman–Crippen LogP) is 0.927. The van der Waals surface area contributed by atoms with Gasteiger partial charge in [0.1, 0.15) is 5.82 Å². The molecule has 0 amide bonds. The maximum atomic E-state index is 5.49. The van der Waals surface area contributed by atoms with E-state index in [4.69, 9.17) is 14.5 Å². The lowest BCUT2D eigenvalue weighted by atomic mass is 10.2. The molecule has 6 nitrogen and oxygen atoms in total. The number of rotatable bonds is 2. The lowest BCUT2D eigenvalue weighted by Crippen LogP contribution is -2.46. The normalized spacial score (nSPS) is 27.7. The number of aromatic nitrogens is 2. The molecule has 1 aromatic rings. The molecular formula is C14H22N4O2. The SMILES string of the molecule is C[C@H]1COCCN1c1ccnc(N2CCOC[C@@H]2C)n1. The number of nitrogens with zero attached hydrogens (tertiary/aromatic N) is 4. The fraction of sp³-hybridized carbons (Fsp3) is 0.714. The minimum absolute atomic E-state index is 0.320. The lowest BCUT2D eigenvalue weighted by Gasteiger charge is -2.36. The first-order valence-corrected chi connectivity index (χ1v) is 7.27. The highest BCUT2D eigenvalue weighted by Crippen LogP contribution is 2.21. The Labute approximate surface area is 119 Å². The monoisotopic (exact) mass is 278 g/mol. The van der Waals surface area contributed by atoms with E-state index in [1.165, 1.54) is 0 Å². The minimum Gasteiger partial charge on any atom is -0.377 e. The molecular weight excluding hydrogens is 256 g/mol. The van der Waals surface area contributed by atoms with Crippen LogP contribution in [0.3, 0.4) is 0 Å². The Morgan fingerprint density at radius 2 is 1.70 bits per heavy atom. The summed E-state index contributed by atoms with van der Waals surface area (Å²) in [4.78, 5) is 13.7. The van der Waals surface area contributed by atoms with E-state index < -0.39 is 0 Å². The standard InChI is InChI=1S/C14H22N4O2/c1-11-9-19-7-5-17(11)13-3-4-15-14(16-13)18-6-8-20-10-12(18)2/h3-4,11-12H,5-10H2,1-2H3/t11-,12-/m0/s1. The van der Waals surface area contributed by atoms with E-state index in [1.54, 1.807) is 0 Å². The molecule has 2 atom stereocenters. The molecule has 1 aromatic heterocycles. The van der Waals surface area contributed by atoms with E-state index >= 15 is 0 Å². The van der Waals surface area contributed by atoms with Crippen LogP contribution in [0.4, 0.5) is 11.8 Å². The van der Waals surface area contributed by atoms with Gasteiger partial charge in [-0.1, -0.05) is 0 Å². The van der Waals surface area contributed by atoms with Crippen molar-refractivity contribution < 1.29 is 9.47 Å². The van der Waals surface area contributed by atoms with Crippen molar-refractivity contribution in [3.63, 3.8) is 0 Å². The number of hydrogen-bond donors (Lipinski definition) is 0. The minimum atomic E-state index is 0.320. The third-order valence-electron chi connectivity index (χ3n) is 3.91. The highest BCUT2D eigenvalue weighted by molar-refractivity contribution is 5.45. The summed E-state index contributed by atoms with van der Waals surface area (Å²) in [6.45, 7) is 9.04. The molecule has 0 saturated carbocycles. The quantitative estimate of drug-likeness (QED) is 0.802. The van der Waals surface area contributed by atoms with E-state index in [1.807, 2.05) is 12.3 Å². The van der Waals surface area contributed by atoms with E-state index in [9.17, 15) is 0 Å². The Bertz CT molecular complexity index is 419. The van der Waals surface area contributed by atoms with Crippen LogP contribution in [0.15, 0.2) is 12.3 Å². The van der Waals surface area contributed by atoms with Crippen LogP contribution in [-0.4, -0.2) is 61.6 Å². The van der Waals surface area contributed by atoms with Gasteiger partial charge in [0.05, 0.1) is 38.5 Å². The van der Waals surface area contributed by atoms with E-state index in [0.717, 1.165) is 51.3 Å². The molecule has 20 heavy (non-hydrogen) atoms. The van der Waals surface area contributed by atoms with Crippen LogP contribution in [0.25, 0.3) is 0 Å². The van der Waals surface area contributed by atoms with Crippen LogP contribution in [0.2, 0.25) is 0 Å². The van der Waals surface area contributed by atoms with Gasteiger partial charge in [-0.15, -0.1) is 0 Å². The summed E-state index contributed by atoms with van der Waals surface area (Å²) in [6.07, 6.45) is 1.85. The van der Waals surface area contributed by atoms with Gasteiger partial charge in [-0.25, -0.2) is 4.98 Å². The summed E-state index contributed by atoms with van der Waals surface area (Å²) in [6, 6.07) is 2.66. The van der Waals surface area contributed by atoms with Crippen LogP contribution < -0.4 is 9.80 Å². The molecule has 2 aliphatic rings. The second kappa shape index (κ2) is 5.93. The molecule has 0 N–H and O–H groups in total. The van der Waals surface area contributed by atoms with Gasteiger partial charge in [-0.2, -0.15) is 4.98 Å². The zero-order chi connectivity index (χ0) is 13.9. The summed E-state index contributed by atoms with van der Waals surface area (Å²) in [5, 5.41) is 0. The average molecular weight is 278 g/mol. The van der Waals surface area contributed by atoms with Crippen molar-refractivity contribution in [2.24, 2.45) is 0 Å². The van der Waals surface area contributed by atoms with Crippen LogP contribution >= 0.6 is 0 Å². The van der Waals surface area contributed by atoms with Gasteiger partial charge in [0.25, 0.3) is 0 Å². The second-order valence-corrected chi connectivity index (χ2v) is 5.45.